The van der Waals surface area contributed by atoms with Crippen molar-refractivity contribution >= 4 is 27.5 Å². The van der Waals surface area contributed by atoms with Crippen LogP contribution in [0.15, 0.2) is 53.0 Å². The molecule has 0 aliphatic rings. The van der Waals surface area contributed by atoms with Crippen LogP contribution in [-0.4, -0.2) is 6.61 Å². The van der Waals surface area contributed by atoms with E-state index in [2.05, 4.69) is 15.9 Å². The van der Waals surface area contributed by atoms with Gasteiger partial charge in [0.1, 0.15) is 5.75 Å². The molecule has 17 heavy (non-hydrogen) atoms. The van der Waals surface area contributed by atoms with Gasteiger partial charge in [-0.25, -0.2) is 0 Å². The topological polar surface area (TPSA) is 9.23 Å². The SMILES string of the molecule is Clc1ccc(CCOc2ccccc2Br)cc1. The lowest BCUT2D eigenvalue weighted by molar-refractivity contribution is 0.320. The first-order valence-electron chi connectivity index (χ1n) is 5.37. The molecule has 0 heterocycles. The van der Waals surface area contributed by atoms with Gasteiger partial charge >= 0.3 is 0 Å². The van der Waals surface area contributed by atoms with E-state index in [-0.39, 0.29) is 0 Å². The van der Waals surface area contributed by atoms with Gasteiger partial charge in [0.15, 0.2) is 0 Å². The Morgan fingerprint density at radius 2 is 1.71 bits per heavy atom. The summed E-state index contributed by atoms with van der Waals surface area (Å²) < 4.78 is 6.67. The van der Waals surface area contributed by atoms with Gasteiger partial charge in [-0.05, 0) is 45.8 Å². The minimum atomic E-state index is 0.657. The van der Waals surface area contributed by atoms with Crippen LogP contribution < -0.4 is 4.74 Å². The van der Waals surface area contributed by atoms with E-state index in [4.69, 9.17) is 16.3 Å². The summed E-state index contributed by atoms with van der Waals surface area (Å²) in [6, 6.07) is 15.7. The maximum absolute atomic E-state index is 5.82. The average molecular weight is 312 g/mol. The highest BCUT2D eigenvalue weighted by molar-refractivity contribution is 9.10. The van der Waals surface area contributed by atoms with Crippen LogP contribution in [0.5, 0.6) is 5.75 Å². The molecular formula is C14H12BrClO. The van der Waals surface area contributed by atoms with Gasteiger partial charge in [0, 0.05) is 11.4 Å². The first-order valence-corrected chi connectivity index (χ1v) is 6.54. The van der Waals surface area contributed by atoms with E-state index in [0.717, 1.165) is 21.7 Å². The third kappa shape index (κ3) is 3.76. The zero-order valence-corrected chi connectivity index (χ0v) is 11.5. The van der Waals surface area contributed by atoms with Crippen molar-refractivity contribution in [2.75, 3.05) is 6.61 Å². The number of halogens is 2. The lowest BCUT2D eigenvalue weighted by Crippen LogP contribution is -2.01. The number of hydrogen-bond acceptors (Lipinski definition) is 1. The Hall–Kier alpha value is -0.990. The maximum atomic E-state index is 5.82. The third-order valence-electron chi connectivity index (χ3n) is 2.40. The highest BCUT2D eigenvalue weighted by atomic mass is 79.9. The summed E-state index contributed by atoms with van der Waals surface area (Å²) in [6.07, 6.45) is 0.874. The number of benzene rings is 2. The molecule has 0 spiro atoms. The predicted molar refractivity (Wildman–Crippen MR) is 74.8 cm³/mol. The normalized spacial score (nSPS) is 10.2. The Bertz CT molecular complexity index is 482. The monoisotopic (exact) mass is 310 g/mol. The van der Waals surface area contributed by atoms with Gasteiger partial charge in [-0.2, -0.15) is 0 Å². The van der Waals surface area contributed by atoms with Crippen LogP contribution in [0.3, 0.4) is 0 Å². The minimum Gasteiger partial charge on any atom is -0.492 e. The first kappa shape index (κ1) is 12.5. The van der Waals surface area contributed by atoms with Crippen molar-refractivity contribution in [1.29, 1.82) is 0 Å². The highest BCUT2D eigenvalue weighted by Gasteiger charge is 1.99. The average Bonchev–Trinajstić information content (AvgIpc) is 2.34. The molecular weight excluding hydrogens is 300 g/mol. The second-order valence-corrected chi connectivity index (χ2v) is 4.95. The van der Waals surface area contributed by atoms with Crippen LogP contribution in [0.25, 0.3) is 0 Å². The summed E-state index contributed by atoms with van der Waals surface area (Å²) in [4.78, 5) is 0. The molecule has 2 aromatic carbocycles. The molecule has 0 fully saturated rings. The van der Waals surface area contributed by atoms with Gasteiger partial charge in [0.25, 0.3) is 0 Å². The van der Waals surface area contributed by atoms with Crippen molar-refractivity contribution in [3.05, 3.63) is 63.6 Å². The lowest BCUT2D eigenvalue weighted by atomic mass is 10.2. The summed E-state index contributed by atoms with van der Waals surface area (Å²) in [7, 11) is 0. The van der Waals surface area contributed by atoms with Gasteiger partial charge in [-0.15, -0.1) is 0 Å². The van der Waals surface area contributed by atoms with Gasteiger partial charge in [0.05, 0.1) is 11.1 Å². The molecule has 0 aromatic heterocycles. The Kier molecular flexibility index (Phi) is 4.46. The second-order valence-electron chi connectivity index (χ2n) is 3.66. The van der Waals surface area contributed by atoms with E-state index in [0.29, 0.717) is 6.61 Å². The van der Waals surface area contributed by atoms with Crippen molar-refractivity contribution < 1.29 is 4.74 Å². The van der Waals surface area contributed by atoms with Crippen molar-refractivity contribution in [3.63, 3.8) is 0 Å². The molecule has 0 bridgehead atoms. The molecule has 0 unspecified atom stereocenters. The van der Waals surface area contributed by atoms with Crippen LogP contribution in [0, 0.1) is 0 Å². The Morgan fingerprint density at radius 3 is 2.41 bits per heavy atom. The largest absolute Gasteiger partial charge is 0.492 e. The molecule has 2 rings (SSSR count). The number of rotatable bonds is 4. The summed E-state index contributed by atoms with van der Waals surface area (Å²) in [6.45, 7) is 0.657. The second kappa shape index (κ2) is 6.08. The fraction of sp³-hybridized carbons (Fsp3) is 0.143. The third-order valence-corrected chi connectivity index (χ3v) is 3.31. The Balaban J connectivity index is 1.88. The standard InChI is InChI=1S/C14H12BrClO/c15-13-3-1-2-4-14(13)17-10-9-11-5-7-12(16)8-6-11/h1-8H,9-10H2. The Labute approximate surface area is 115 Å². The molecule has 0 radical (unpaired) electrons. The van der Waals surface area contributed by atoms with Crippen LogP contribution in [-0.2, 0) is 6.42 Å². The zero-order chi connectivity index (χ0) is 12.1. The van der Waals surface area contributed by atoms with Gasteiger partial charge in [0.2, 0.25) is 0 Å². The highest BCUT2D eigenvalue weighted by Crippen LogP contribution is 2.23. The number of para-hydroxylation sites is 1. The molecule has 0 aliphatic carbocycles. The van der Waals surface area contributed by atoms with E-state index >= 15 is 0 Å². The summed E-state index contributed by atoms with van der Waals surface area (Å²) in [5.41, 5.74) is 1.22. The van der Waals surface area contributed by atoms with E-state index < -0.39 is 0 Å². The van der Waals surface area contributed by atoms with Gasteiger partial charge < -0.3 is 4.74 Å². The summed E-state index contributed by atoms with van der Waals surface area (Å²) in [5, 5.41) is 0.764. The molecule has 0 aliphatic heterocycles. The fourth-order valence-corrected chi connectivity index (χ4v) is 2.02. The van der Waals surface area contributed by atoms with Crippen LogP contribution in [0.1, 0.15) is 5.56 Å². The first-order chi connectivity index (χ1) is 8.25. The molecule has 88 valence electrons. The minimum absolute atomic E-state index is 0.657. The molecule has 2 aromatic rings. The van der Waals surface area contributed by atoms with Gasteiger partial charge in [-0.3, -0.25) is 0 Å². The smallest absolute Gasteiger partial charge is 0.133 e. The van der Waals surface area contributed by atoms with Crippen LogP contribution in [0.2, 0.25) is 5.02 Å². The van der Waals surface area contributed by atoms with Crippen molar-refractivity contribution in [1.82, 2.24) is 0 Å². The van der Waals surface area contributed by atoms with E-state index in [1.54, 1.807) is 0 Å². The van der Waals surface area contributed by atoms with Crippen LogP contribution >= 0.6 is 27.5 Å². The molecule has 0 saturated carbocycles. The molecule has 1 nitrogen and oxygen atoms in total. The lowest BCUT2D eigenvalue weighted by Gasteiger charge is -2.07. The summed E-state index contributed by atoms with van der Waals surface area (Å²) >= 11 is 9.27. The zero-order valence-electron chi connectivity index (χ0n) is 9.20. The van der Waals surface area contributed by atoms with Crippen molar-refractivity contribution in [2.45, 2.75) is 6.42 Å². The number of hydrogen-bond donors (Lipinski definition) is 0. The van der Waals surface area contributed by atoms with Crippen LogP contribution in [0.4, 0.5) is 0 Å². The molecule has 0 amide bonds. The van der Waals surface area contributed by atoms with Crippen molar-refractivity contribution in [3.8, 4) is 5.75 Å². The van der Waals surface area contributed by atoms with E-state index in [9.17, 15) is 0 Å². The van der Waals surface area contributed by atoms with E-state index in [1.807, 2.05) is 48.5 Å². The molecule has 0 atom stereocenters. The Morgan fingerprint density at radius 1 is 1.00 bits per heavy atom. The maximum Gasteiger partial charge on any atom is 0.133 e. The molecule has 0 saturated heterocycles. The van der Waals surface area contributed by atoms with Crippen molar-refractivity contribution in [2.24, 2.45) is 0 Å². The molecule has 3 heteroatoms. The quantitative estimate of drug-likeness (QED) is 0.793. The van der Waals surface area contributed by atoms with Gasteiger partial charge in [-0.1, -0.05) is 35.9 Å². The predicted octanol–water partition coefficient (Wildman–Crippen LogP) is 4.72. The summed E-state index contributed by atoms with van der Waals surface area (Å²) in [5.74, 6) is 0.876. The number of ether oxygens (including phenoxy) is 1. The van der Waals surface area contributed by atoms with E-state index in [1.165, 1.54) is 5.56 Å². The molecule has 0 N–H and O–H groups in total. The fourth-order valence-electron chi connectivity index (χ4n) is 1.49.